The molecule has 0 saturated carbocycles. The van der Waals surface area contributed by atoms with Crippen LogP contribution < -0.4 is 11.1 Å². The molecule has 0 aliphatic carbocycles. The van der Waals surface area contributed by atoms with E-state index in [-0.39, 0.29) is 25.3 Å². The number of rotatable bonds is 6. The van der Waals surface area contributed by atoms with Gasteiger partial charge < -0.3 is 20.7 Å². The summed E-state index contributed by atoms with van der Waals surface area (Å²) in [5, 5.41) is 2.69. The van der Waals surface area contributed by atoms with Crippen LogP contribution in [0.15, 0.2) is 48.5 Å². The number of hydrogen-bond acceptors (Lipinski definition) is 4. The smallest absolute Gasteiger partial charge is 0.407 e. The minimum absolute atomic E-state index is 0.0866. The zero-order valence-corrected chi connectivity index (χ0v) is 19.1. The van der Waals surface area contributed by atoms with E-state index in [9.17, 15) is 18.8 Å². The third-order valence-corrected chi connectivity index (χ3v) is 5.46. The Morgan fingerprint density at radius 3 is 2.39 bits per heavy atom. The van der Waals surface area contributed by atoms with Crippen LogP contribution in [-0.2, 0) is 33.7 Å². The van der Waals surface area contributed by atoms with E-state index in [2.05, 4.69) is 5.32 Å². The maximum Gasteiger partial charge on any atom is 0.407 e. The van der Waals surface area contributed by atoms with Crippen molar-refractivity contribution >= 4 is 17.9 Å². The van der Waals surface area contributed by atoms with E-state index in [1.54, 1.807) is 39.0 Å². The summed E-state index contributed by atoms with van der Waals surface area (Å²) in [5.41, 5.74) is 7.15. The molecule has 2 aromatic carbocycles. The fraction of sp³-hybridized carbons (Fsp3) is 0.400. The standard InChI is InChI=1S/C25H30FN3O4/c1-25(2,3)33-24(32)28-19(12-17-9-6-7-11-20(17)26)14-22(30)29-15-18-10-5-4-8-16(18)13-21(29)23(27)31/h4-11,19,21H,12-15H2,1-3H3,(H2,27,31)(H,28,32)/t19?,21-/m1/s1. The van der Waals surface area contributed by atoms with Crippen LogP contribution >= 0.6 is 0 Å². The van der Waals surface area contributed by atoms with E-state index in [1.165, 1.54) is 11.0 Å². The number of ether oxygens (including phenoxy) is 1. The number of fused-ring (bicyclic) bond motifs is 1. The Hall–Kier alpha value is -3.42. The third-order valence-electron chi connectivity index (χ3n) is 5.46. The van der Waals surface area contributed by atoms with Gasteiger partial charge in [-0.3, -0.25) is 9.59 Å². The average Bonchev–Trinajstić information content (AvgIpc) is 2.72. The number of primary amides is 1. The SMILES string of the molecule is CC(C)(C)OC(=O)NC(CC(=O)N1Cc2ccccc2C[C@@H]1C(N)=O)Cc1ccccc1F. The van der Waals surface area contributed by atoms with Gasteiger partial charge in [0.25, 0.3) is 0 Å². The van der Waals surface area contributed by atoms with Gasteiger partial charge in [-0.25, -0.2) is 9.18 Å². The highest BCUT2D eigenvalue weighted by Gasteiger charge is 2.34. The number of halogens is 1. The molecule has 1 aliphatic rings. The first-order valence-corrected chi connectivity index (χ1v) is 10.9. The minimum Gasteiger partial charge on any atom is -0.444 e. The quantitative estimate of drug-likeness (QED) is 0.699. The molecule has 0 radical (unpaired) electrons. The van der Waals surface area contributed by atoms with Gasteiger partial charge in [0.05, 0.1) is 0 Å². The lowest BCUT2D eigenvalue weighted by Gasteiger charge is -2.36. The Kier molecular flexibility index (Phi) is 7.36. The molecule has 0 fully saturated rings. The summed E-state index contributed by atoms with van der Waals surface area (Å²) in [6.07, 6.45) is -0.426. The summed E-state index contributed by atoms with van der Waals surface area (Å²) in [5.74, 6) is -1.38. The highest BCUT2D eigenvalue weighted by atomic mass is 19.1. The van der Waals surface area contributed by atoms with Crippen LogP contribution in [0.3, 0.4) is 0 Å². The molecular weight excluding hydrogens is 425 g/mol. The number of carbonyl (C=O) groups excluding carboxylic acids is 3. The van der Waals surface area contributed by atoms with Crippen LogP contribution in [0.4, 0.5) is 9.18 Å². The summed E-state index contributed by atoms with van der Waals surface area (Å²) >= 11 is 0. The number of nitrogens with zero attached hydrogens (tertiary/aromatic N) is 1. The lowest BCUT2D eigenvalue weighted by atomic mass is 9.92. The van der Waals surface area contributed by atoms with Crippen molar-refractivity contribution in [2.24, 2.45) is 5.73 Å². The van der Waals surface area contributed by atoms with Crippen molar-refractivity contribution < 1.29 is 23.5 Å². The fourth-order valence-electron chi connectivity index (χ4n) is 3.95. The van der Waals surface area contributed by atoms with E-state index in [1.807, 2.05) is 24.3 Å². The molecule has 176 valence electrons. The van der Waals surface area contributed by atoms with Gasteiger partial charge in [-0.05, 0) is 49.9 Å². The molecule has 7 nitrogen and oxygen atoms in total. The van der Waals surface area contributed by atoms with Crippen molar-refractivity contribution in [3.05, 3.63) is 71.0 Å². The zero-order chi connectivity index (χ0) is 24.2. The van der Waals surface area contributed by atoms with Crippen LogP contribution in [0, 0.1) is 5.82 Å². The first-order valence-electron chi connectivity index (χ1n) is 10.9. The summed E-state index contributed by atoms with van der Waals surface area (Å²) in [6, 6.07) is 12.2. The van der Waals surface area contributed by atoms with E-state index in [0.29, 0.717) is 12.0 Å². The van der Waals surface area contributed by atoms with Crippen molar-refractivity contribution in [1.82, 2.24) is 10.2 Å². The van der Waals surface area contributed by atoms with E-state index in [4.69, 9.17) is 10.5 Å². The van der Waals surface area contributed by atoms with Crippen molar-refractivity contribution in [3.63, 3.8) is 0 Å². The average molecular weight is 456 g/mol. The molecule has 2 aromatic rings. The number of benzene rings is 2. The number of amides is 3. The van der Waals surface area contributed by atoms with Crippen molar-refractivity contribution in [2.45, 2.75) is 64.3 Å². The van der Waals surface area contributed by atoms with Gasteiger partial charge in [-0.15, -0.1) is 0 Å². The summed E-state index contributed by atoms with van der Waals surface area (Å²) in [7, 11) is 0. The third kappa shape index (κ3) is 6.54. The number of alkyl carbamates (subject to hydrolysis) is 1. The first-order chi connectivity index (χ1) is 15.5. The van der Waals surface area contributed by atoms with Crippen LogP contribution in [-0.4, -0.2) is 40.5 Å². The van der Waals surface area contributed by atoms with Gasteiger partial charge in [-0.2, -0.15) is 0 Å². The predicted octanol–water partition coefficient (Wildman–Crippen LogP) is 3.09. The monoisotopic (exact) mass is 455 g/mol. The van der Waals surface area contributed by atoms with Gasteiger partial charge in [0.1, 0.15) is 17.5 Å². The molecule has 1 unspecified atom stereocenters. The molecule has 3 amide bonds. The highest BCUT2D eigenvalue weighted by Crippen LogP contribution is 2.25. The first kappa shape index (κ1) is 24.2. The van der Waals surface area contributed by atoms with Crippen molar-refractivity contribution in [3.8, 4) is 0 Å². The maximum atomic E-state index is 14.3. The largest absolute Gasteiger partial charge is 0.444 e. The molecule has 2 atom stereocenters. The minimum atomic E-state index is -0.789. The second-order valence-corrected chi connectivity index (χ2v) is 9.26. The Bertz CT molecular complexity index is 1030. The van der Waals surface area contributed by atoms with Crippen molar-refractivity contribution in [2.75, 3.05) is 0 Å². The summed E-state index contributed by atoms with van der Waals surface area (Å²) < 4.78 is 19.6. The lowest BCUT2D eigenvalue weighted by molar-refractivity contribution is -0.141. The molecule has 33 heavy (non-hydrogen) atoms. The topological polar surface area (TPSA) is 102 Å². The van der Waals surface area contributed by atoms with Crippen LogP contribution in [0.2, 0.25) is 0 Å². The molecule has 3 N–H and O–H groups in total. The molecule has 0 saturated heterocycles. The molecule has 8 heteroatoms. The summed E-state index contributed by atoms with van der Waals surface area (Å²) in [6.45, 7) is 5.42. The second-order valence-electron chi connectivity index (χ2n) is 9.26. The van der Waals surface area contributed by atoms with Gasteiger partial charge >= 0.3 is 6.09 Å². The highest BCUT2D eigenvalue weighted by molar-refractivity contribution is 5.88. The number of nitrogens with two attached hydrogens (primary N) is 1. The Balaban J connectivity index is 1.81. The number of carbonyl (C=O) groups is 3. The molecule has 0 bridgehead atoms. The van der Waals surface area contributed by atoms with Crippen LogP contribution in [0.25, 0.3) is 0 Å². The normalized spacial score (nSPS) is 16.5. The van der Waals surface area contributed by atoms with Crippen molar-refractivity contribution in [1.29, 1.82) is 0 Å². The zero-order valence-electron chi connectivity index (χ0n) is 19.1. The molecule has 1 aliphatic heterocycles. The van der Waals surface area contributed by atoms with Gasteiger partial charge in [0.15, 0.2) is 0 Å². The summed E-state index contributed by atoms with van der Waals surface area (Å²) in [4.78, 5) is 39.3. The van der Waals surface area contributed by atoms with Crippen LogP contribution in [0.5, 0.6) is 0 Å². The second kappa shape index (κ2) is 10.0. The van der Waals surface area contributed by atoms with E-state index < -0.39 is 35.5 Å². The molecular formula is C25H30FN3O4. The molecule has 0 aromatic heterocycles. The van der Waals surface area contributed by atoms with Crippen LogP contribution in [0.1, 0.15) is 43.9 Å². The lowest BCUT2D eigenvalue weighted by Crippen LogP contribution is -2.52. The van der Waals surface area contributed by atoms with Gasteiger partial charge in [-0.1, -0.05) is 42.5 Å². The van der Waals surface area contributed by atoms with E-state index in [0.717, 1.165) is 11.1 Å². The van der Waals surface area contributed by atoms with E-state index >= 15 is 0 Å². The Morgan fingerprint density at radius 1 is 1.12 bits per heavy atom. The fourth-order valence-corrected chi connectivity index (χ4v) is 3.95. The maximum absolute atomic E-state index is 14.3. The molecule has 1 heterocycles. The van der Waals surface area contributed by atoms with Gasteiger partial charge in [0.2, 0.25) is 11.8 Å². The number of nitrogens with one attached hydrogen (secondary N) is 1. The Morgan fingerprint density at radius 2 is 1.76 bits per heavy atom. The molecule has 3 rings (SSSR count). The number of hydrogen-bond donors (Lipinski definition) is 2. The van der Waals surface area contributed by atoms with Gasteiger partial charge in [0, 0.05) is 25.4 Å². The predicted molar refractivity (Wildman–Crippen MR) is 122 cm³/mol. The molecule has 0 spiro atoms. The Labute approximate surface area is 193 Å².